The summed E-state index contributed by atoms with van der Waals surface area (Å²) in [6.07, 6.45) is 0. The highest BCUT2D eigenvalue weighted by Gasteiger charge is 2.05. The van der Waals surface area contributed by atoms with Crippen LogP contribution in [0, 0.1) is 0 Å². The Kier molecular flexibility index (Phi) is 1.96. The van der Waals surface area contributed by atoms with Crippen LogP contribution in [-0.2, 0) is 0 Å². The Morgan fingerprint density at radius 1 is 0.688 bits per heavy atom. The van der Waals surface area contributed by atoms with Crippen molar-refractivity contribution >= 4 is 22.7 Å². The van der Waals surface area contributed by atoms with Crippen molar-refractivity contribution in [1.82, 2.24) is 0 Å². The maximum atomic E-state index is 4.17. The molecular weight excluding hydrogens is 198 g/mol. The molecule has 2 aromatic rings. The summed E-state index contributed by atoms with van der Waals surface area (Å²) in [6, 6.07) is 16.1. The minimum Gasteiger partial charge on any atom is -0.345 e. The molecule has 4 aliphatic rings. The zero-order valence-corrected chi connectivity index (χ0v) is 8.96. The lowest BCUT2D eigenvalue weighted by molar-refractivity contribution is 1.21. The maximum absolute atomic E-state index is 4.17. The summed E-state index contributed by atoms with van der Waals surface area (Å²) in [5, 5.41) is 8.34. The molecule has 0 unspecified atom stereocenters. The fourth-order valence-electron chi connectivity index (χ4n) is 1.75. The second kappa shape index (κ2) is 3.45. The number of benzene rings is 2. The fourth-order valence-corrected chi connectivity index (χ4v) is 1.75. The Morgan fingerprint density at radius 3 is 1.44 bits per heavy atom. The topological polar surface area (TPSA) is 28.0 Å². The number of hydrogen-bond acceptors (Lipinski definition) is 3. The van der Waals surface area contributed by atoms with E-state index in [1.807, 2.05) is 48.5 Å². The second-order valence-corrected chi connectivity index (χ2v) is 3.79. The van der Waals surface area contributed by atoms with Crippen molar-refractivity contribution in [2.45, 2.75) is 0 Å². The molecule has 4 aliphatic heterocycles. The maximum Gasteiger partial charge on any atom is 0.0858 e. The smallest absolute Gasteiger partial charge is 0.0858 e. The van der Waals surface area contributed by atoms with Gasteiger partial charge in [0.2, 0.25) is 0 Å². The van der Waals surface area contributed by atoms with Crippen molar-refractivity contribution in [2.75, 3.05) is 11.9 Å². The van der Waals surface area contributed by atoms with Gasteiger partial charge in [-0.15, -0.1) is 0 Å². The molecule has 0 saturated carbocycles. The third-order valence-corrected chi connectivity index (χ3v) is 2.75. The van der Waals surface area contributed by atoms with Gasteiger partial charge < -0.3 is 4.90 Å². The zero-order valence-electron chi connectivity index (χ0n) is 8.96. The first kappa shape index (κ1) is 9.09. The van der Waals surface area contributed by atoms with E-state index in [4.69, 9.17) is 0 Å². The van der Waals surface area contributed by atoms with Crippen molar-refractivity contribution < 1.29 is 0 Å². The van der Waals surface area contributed by atoms with E-state index in [9.17, 15) is 0 Å². The van der Waals surface area contributed by atoms with E-state index in [2.05, 4.69) is 22.2 Å². The number of rotatable bonds is 0. The van der Waals surface area contributed by atoms with Crippen molar-refractivity contribution in [2.24, 2.45) is 10.2 Å². The van der Waals surface area contributed by atoms with Gasteiger partial charge in [-0.2, -0.15) is 10.2 Å². The molecule has 0 fully saturated rings. The molecule has 0 amide bonds. The Morgan fingerprint density at radius 2 is 1.06 bits per heavy atom. The molecule has 3 nitrogen and oxygen atoms in total. The van der Waals surface area contributed by atoms with Crippen molar-refractivity contribution in [3.8, 4) is 0 Å². The molecule has 0 N–H and O–H groups in total. The van der Waals surface area contributed by atoms with E-state index in [0.29, 0.717) is 0 Å². The summed E-state index contributed by atoms with van der Waals surface area (Å²) in [6.45, 7) is 0. The normalized spacial score (nSPS) is 12.9. The van der Waals surface area contributed by atoms with Crippen molar-refractivity contribution in [3.63, 3.8) is 0 Å². The number of anilines is 2. The van der Waals surface area contributed by atoms with E-state index in [0.717, 1.165) is 22.7 Å². The van der Waals surface area contributed by atoms with Crippen LogP contribution in [-0.4, -0.2) is 7.05 Å². The molecule has 0 radical (unpaired) electrons. The summed E-state index contributed by atoms with van der Waals surface area (Å²) in [7, 11) is 2.05. The van der Waals surface area contributed by atoms with Gasteiger partial charge in [-0.3, -0.25) is 0 Å². The molecule has 16 heavy (non-hydrogen) atoms. The molecule has 4 bridgehead atoms. The number of nitrogens with zero attached hydrogens (tertiary/aromatic N) is 3. The number of hydrogen-bond donors (Lipinski definition) is 0. The van der Waals surface area contributed by atoms with Crippen LogP contribution >= 0.6 is 0 Å². The summed E-state index contributed by atoms with van der Waals surface area (Å²) in [5.74, 6) is 0. The fraction of sp³-hybridized carbons (Fsp3) is 0.0769. The van der Waals surface area contributed by atoms with Crippen LogP contribution in [0.2, 0.25) is 0 Å². The van der Waals surface area contributed by atoms with E-state index in [1.165, 1.54) is 0 Å². The summed E-state index contributed by atoms with van der Waals surface area (Å²) in [5.41, 5.74) is 4.05. The lowest BCUT2D eigenvalue weighted by atomic mass is 10.2. The van der Waals surface area contributed by atoms with Gasteiger partial charge in [-0.25, -0.2) is 0 Å². The average molecular weight is 209 g/mol. The van der Waals surface area contributed by atoms with Gasteiger partial charge in [0, 0.05) is 18.4 Å². The van der Waals surface area contributed by atoms with Crippen LogP contribution < -0.4 is 4.90 Å². The van der Waals surface area contributed by atoms with Crippen LogP contribution in [0.1, 0.15) is 0 Å². The quantitative estimate of drug-likeness (QED) is 0.639. The molecule has 6 rings (SSSR count). The van der Waals surface area contributed by atoms with Gasteiger partial charge in [-0.1, -0.05) is 0 Å². The first-order chi connectivity index (χ1) is 7.83. The largest absolute Gasteiger partial charge is 0.345 e. The summed E-state index contributed by atoms with van der Waals surface area (Å²) < 4.78 is 0. The minimum absolute atomic E-state index is 0.877. The van der Waals surface area contributed by atoms with Crippen LogP contribution in [0.4, 0.5) is 22.7 Å². The number of azo groups is 1. The molecule has 4 heterocycles. The predicted molar refractivity (Wildman–Crippen MR) is 65.1 cm³/mol. The van der Waals surface area contributed by atoms with E-state index >= 15 is 0 Å². The predicted octanol–water partition coefficient (Wildman–Crippen LogP) is 4.18. The highest BCUT2D eigenvalue weighted by Crippen LogP contribution is 2.29. The molecule has 2 aromatic carbocycles. The molecule has 0 aliphatic carbocycles. The lowest BCUT2D eigenvalue weighted by Gasteiger charge is -2.19. The molecular formula is C13H11N3. The third-order valence-electron chi connectivity index (χ3n) is 2.75. The van der Waals surface area contributed by atoms with Crippen LogP contribution in [0.5, 0.6) is 0 Å². The monoisotopic (exact) mass is 209 g/mol. The molecule has 3 heteroatoms. The van der Waals surface area contributed by atoms with E-state index < -0.39 is 0 Å². The van der Waals surface area contributed by atoms with Gasteiger partial charge in [0.1, 0.15) is 0 Å². The van der Waals surface area contributed by atoms with E-state index in [1.54, 1.807) is 0 Å². The molecule has 0 spiro atoms. The SMILES string of the molecule is CN1c2ccc(cc2)N=Nc2ccc1cc2. The van der Waals surface area contributed by atoms with Gasteiger partial charge in [-0.05, 0) is 48.5 Å². The standard InChI is InChI=1S/C13H11N3/c1-16-12-6-2-10(3-7-12)14-15-11-4-8-13(16)9-5-11/h2-9H,1H3. The summed E-state index contributed by atoms with van der Waals surface area (Å²) in [4.78, 5) is 2.14. The minimum atomic E-state index is 0.877. The first-order valence-corrected chi connectivity index (χ1v) is 5.18. The third kappa shape index (κ3) is 1.46. The molecule has 0 atom stereocenters. The Balaban J connectivity index is 2.24. The first-order valence-electron chi connectivity index (χ1n) is 5.18. The van der Waals surface area contributed by atoms with Crippen LogP contribution in [0.15, 0.2) is 58.8 Å². The summed E-state index contributed by atoms with van der Waals surface area (Å²) >= 11 is 0. The highest BCUT2D eigenvalue weighted by atomic mass is 15.1. The average Bonchev–Trinajstić information content (AvgIpc) is 2.43. The zero-order chi connectivity index (χ0) is 11.0. The lowest BCUT2D eigenvalue weighted by Crippen LogP contribution is -2.08. The van der Waals surface area contributed by atoms with E-state index in [-0.39, 0.29) is 0 Å². The van der Waals surface area contributed by atoms with Gasteiger partial charge >= 0.3 is 0 Å². The second-order valence-electron chi connectivity index (χ2n) is 3.79. The van der Waals surface area contributed by atoms with Crippen LogP contribution in [0.25, 0.3) is 0 Å². The van der Waals surface area contributed by atoms with Gasteiger partial charge in [0.25, 0.3) is 0 Å². The molecule has 0 saturated heterocycles. The van der Waals surface area contributed by atoms with Crippen LogP contribution in [0.3, 0.4) is 0 Å². The Bertz CT molecular complexity index is 477. The van der Waals surface area contributed by atoms with Gasteiger partial charge in [0.05, 0.1) is 11.4 Å². The highest BCUT2D eigenvalue weighted by molar-refractivity contribution is 5.66. The van der Waals surface area contributed by atoms with Gasteiger partial charge in [0.15, 0.2) is 0 Å². The Hall–Kier alpha value is -2.16. The molecule has 0 aromatic heterocycles. The van der Waals surface area contributed by atoms with Crippen molar-refractivity contribution in [1.29, 1.82) is 0 Å². The van der Waals surface area contributed by atoms with Crippen molar-refractivity contribution in [3.05, 3.63) is 48.5 Å². The Labute approximate surface area is 94.1 Å². The molecule has 78 valence electrons.